The van der Waals surface area contributed by atoms with Crippen molar-refractivity contribution in [3.05, 3.63) is 59.9 Å². The highest BCUT2D eigenvalue weighted by molar-refractivity contribution is 5.96. The van der Waals surface area contributed by atoms with E-state index >= 15 is 0 Å². The average Bonchev–Trinajstić information content (AvgIpc) is 3.14. The van der Waals surface area contributed by atoms with Gasteiger partial charge in [0.1, 0.15) is 5.82 Å². The molecule has 0 radical (unpaired) electrons. The number of amides is 2. The third-order valence-corrected chi connectivity index (χ3v) is 4.33. The Kier molecular flexibility index (Phi) is 4.89. The molecule has 1 fully saturated rings. The molecule has 124 valence electrons. The third kappa shape index (κ3) is 3.79. The first kappa shape index (κ1) is 16.2. The lowest BCUT2D eigenvalue weighted by Crippen LogP contribution is -2.44. The van der Waals surface area contributed by atoms with Gasteiger partial charge in [-0.3, -0.25) is 20.4 Å². The Bertz CT molecular complexity index is 737. The Morgan fingerprint density at radius 3 is 2.29 bits per heavy atom. The van der Waals surface area contributed by atoms with E-state index in [2.05, 4.69) is 10.9 Å². The minimum Gasteiger partial charge on any atom is -0.273 e. The molecule has 0 aromatic heterocycles. The van der Waals surface area contributed by atoms with Crippen LogP contribution in [0.1, 0.15) is 36.0 Å². The number of carbonyl (C=O) groups excluding carboxylic acids is 2. The van der Waals surface area contributed by atoms with E-state index in [1.165, 1.54) is 12.1 Å². The highest BCUT2D eigenvalue weighted by Crippen LogP contribution is 2.24. The molecule has 2 aromatic carbocycles. The van der Waals surface area contributed by atoms with Crippen LogP contribution in [0.2, 0.25) is 0 Å². The largest absolute Gasteiger partial charge is 0.273 e. The summed E-state index contributed by atoms with van der Waals surface area (Å²) in [7, 11) is 0. The molecule has 1 aliphatic rings. The molecule has 24 heavy (non-hydrogen) atoms. The van der Waals surface area contributed by atoms with Gasteiger partial charge in [-0.25, -0.2) is 4.39 Å². The minimum absolute atomic E-state index is 0.000605. The lowest BCUT2D eigenvalue weighted by molar-refractivity contribution is -0.125. The zero-order valence-electron chi connectivity index (χ0n) is 13.2. The van der Waals surface area contributed by atoms with Crippen LogP contribution in [0, 0.1) is 11.7 Å². The molecule has 4 nitrogen and oxygen atoms in total. The summed E-state index contributed by atoms with van der Waals surface area (Å²) in [6, 6.07) is 13.1. The van der Waals surface area contributed by atoms with Crippen molar-refractivity contribution >= 4 is 11.8 Å². The predicted molar refractivity (Wildman–Crippen MR) is 89.4 cm³/mol. The monoisotopic (exact) mass is 326 g/mol. The van der Waals surface area contributed by atoms with E-state index in [9.17, 15) is 14.0 Å². The highest BCUT2D eigenvalue weighted by atomic mass is 19.1. The second-order valence-electron chi connectivity index (χ2n) is 6.01. The standard InChI is InChI=1S/C19H19FN2O2/c20-17-7-3-6-16(12-17)13-8-10-15(11-9-13)19(24)22-21-18(23)14-4-1-2-5-14/h3,6-12,14H,1-2,4-5H2,(H,21,23)(H,22,24). The highest BCUT2D eigenvalue weighted by Gasteiger charge is 2.22. The fourth-order valence-corrected chi connectivity index (χ4v) is 2.96. The van der Waals surface area contributed by atoms with Crippen molar-refractivity contribution in [3.8, 4) is 11.1 Å². The van der Waals surface area contributed by atoms with E-state index in [0.29, 0.717) is 5.56 Å². The third-order valence-electron chi connectivity index (χ3n) is 4.33. The molecule has 0 saturated heterocycles. The van der Waals surface area contributed by atoms with E-state index in [1.54, 1.807) is 36.4 Å². The molecule has 3 rings (SSSR count). The van der Waals surface area contributed by atoms with Crippen molar-refractivity contribution in [2.75, 3.05) is 0 Å². The van der Waals surface area contributed by atoms with Gasteiger partial charge in [0.2, 0.25) is 5.91 Å². The maximum absolute atomic E-state index is 13.3. The summed E-state index contributed by atoms with van der Waals surface area (Å²) < 4.78 is 13.3. The lowest BCUT2D eigenvalue weighted by atomic mass is 10.0. The van der Waals surface area contributed by atoms with Crippen molar-refractivity contribution in [1.29, 1.82) is 0 Å². The van der Waals surface area contributed by atoms with Crippen LogP contribution in [0.25, 0.3) is 11.1 Å². The van der Waals surface area contributed by atoms with Gasteiger partial charge in [-0.05, 0) is 48.2 Å². The first-order valence-corrected chi connectivity index (χ1v) is 8.10. The molecule has 0 unspecified atom stereocenters. The number of halogens is 1. The van der Waals surface area contributed by atoms with Crippen LogP contribution in [-0.4, -0.2) is 11.8 Å². The first-order valence-electron chi connectivity index (χ1n) is 8.10. The maximum Gasteiger partial charge on any atom is 0.269 e. The van der Waals surface area contributed by atoms with E-state index < -0.39 is 0 Å². The molecule has 0 heterocycles. The van der Waals surface area contributed by atoms with Crippen molar-refractivity contribution in [1.82, 2.24) is 10.9 Å². The zero-order valence-corrected chi connectivity index (χ0v) is 13.2. The number of carbonyl (C=O) groups is 2. The van der Waals surface area contributed by atoms with Crippen LogP contribution in [-0.2, 0) is 4.79 Å². The van der Waals surface area contributed by atoms with Crippen LogP contribution in [0.5, 0.6) is 0 Å². The summed E-state index contributed by atoms with van der Waals surface area (Å²) >= 11 is 0. The van der Waals surface area contributed by atoms with E-state index in [0.717, 1.165) is 36.8 Å². The molecule has 1 aliphatic carbocycles. The van der Waals surface area contributed by atoms with Gasteiger partial charge < -0.3 is 0 Å². The van der Waals surface area contributed by atoms with Gasteiger partial charge in [-0.2, -0.15) is 0 Å². The normalized spacial score (nSPS) is 14.4. The van der Waals surface area contributed by atoms with Crippen molar-refractivity contribution in [3.63, 3.8) is 0 Å². The van der Waals surface area contributed by atoms with E-state index in [-0.39, 0.29) is 23.5 Å². The van der Waals surface area contributed by atoms with Gasteiger partial charge >= 0.3 is 0 Å². The van der Waals surface area contributed by atoms with Crippen molar-refractivity contribution in [2.24, 2.45) is 5.92 Å². The Hall–Kier alpha value is -2.69. The van der Waals surface area contributed by atoms with Crippen LogP contribution in [0.4, 0.5) is 4.39 Å². The summed E-state index contributed by atoms with van der Waals surface area (Å²) in [5, 5.41) is 0. The predicted octanol–water partition coefficient (Wildman–Crippen LogP) is 3.44. The lowest BCUT2D eigenvalue weighted by Gasteiger charge is -2.11. The quantitative estimate of drug-likeness (QED) is 0.849. The molecule has 0 aliphatic heterocycles. The van der Waals surface area contributed by atoms with Crippen molar-refractivity contribution < 1.29 is 14.0 Å². The van der Waals surface area contributed by atoms with E-state index in [4.69, 9.17) is 0 Å². The smallest absolute Gasteiger partial charge is 0.269 e. The number of hydrogen-bond acceptors (Lipinski definition) is 2. The fourth-order valence-electron chi connectivity index (χ4n) is 2.96. The number of hydrogen-bond donors (Lipinski definition) is 2. The van der Waals surface area contributed by atoms with Gasteiger partial charge in [0.25, 0.3) is 5.91 Å². The summed E-state index contributed by atoms with van der Waals surface area (Å²) in [6.07, 6.45) is 3.88. The maximum atomic E-state index is 13.3. The summed E-state index contributed by atoms with van der Waals surface area (Å²) in [6.45, 7) is 0. The van der Waals surface area contributed by atoms with Gasteiger partial charge in [0, 0.05) is 11.5 Å². The molecular weight excluding hydrogens is 307 g/mol. The van der Waals surface area contributed by atoms with Crippen LogP contribution in [0.15, 0.2) is 48.5 Å². The Balaban J connectivity index is 1.60. The number of rotatable bonds is 3. The van der Waals surface area contributed by atoms with Crippen LogP contribution < -0.4 is 10.9 Å². The molecule has 2 N–H and O–H groups in total. The first-order chi connectivity index (χ1) is 11.6. The molecule has 2 aromatic rings. The molecule has 0 bridgehead atoms. The second kappa shape index (κ2) is 7.25. The summed E-state index contributed by atoms with van der Waals surface area (Å²) in [4.78, 5) is 24.0. The Labute approximate surface area is 140 Å². The topological polar surface area (TPSA) is 58.2 Å². The van der Waals surface area contributed by atoms with Gasteiger partial charge in [0.05, 0.1) is 0 Å². The van der Waals surface area contributed by atoms with Gasteiger partial charge in [-0.15, -0.1) is 0 Å². The molecule has 0 atom stereocenters. The molecule has 1 saturated carbocycles. The molecule has 0 spiro atoms. The molecular formula is C19H19FN2O2. The SMILES string of the molecule is O=C(NNC(=O)C1CCCC1)c1ccc(-c2cccc(F)c2)cc1. The van der Waals surface area contributed by atoms with E-state index in [1.807, 2.05) is 0 Å². The Morgan fingerprint density at radius 2 is 1.62 bits per heavy atom. The van der Waals surface area contributed by atoms with Crippen LogP contribution >= 0.6 is 0 Å². The number of benzene rings is 2. The molecule has 2 amide bonds. The minimum atomic E-state index is -0.368. The molecule has 5 heteroatoms. The second-order valence-corrected chi connectivity index (χ2v) is 6.01. The van der Waals surface area contributed by atoms with Crippen LogP contribution in [0.3, 0.4) is 0 Å². The average molecular weight is 326 g/mol. The summed E-state index contributed by atoms with van der Waals surface area (Å²) in [5.74, 6) is -0.797. The van der Waals surface area contributed by atoms with Gasteiger partial charge in [-0.1, -0.05) is 37.1 Å². The van der Waals surface area contributed by atoms with Crippen molar-refractivity contribution in [2.45, 2.75) is 25.7 Å². The zero-order chi connectivity index (χ0) is 16.9. The number of hydrazine groups is 1. The van der Waals surface area contributed by atoms with Gasteiger partial charge in [0.15, 0.2) is 0 Å². The number of nitrogens with one attached hydrogen (secondary N) is 2. The Morgan fingerprint density at radius 1 is 0.917 bits per heavy atom. The summed E-state index contributed by atoms with van der Waals surface area (Å²) in [5.41, 5.74) is 6.93. The fraction of sp³-hybridized carbons (Fsp3) is 0.263.